The lowest BCUT2D eigenvalue weighted by Gasteiger charge is -2.21. The van der Waals surface area contributed by atoms with Crippen molar-refractivity contribution < 1.29 is 19.1 Å². The molecular formula is C22H40N2O4. The monoisotopic (exact) mass is 396 g/mol. The molecule has 2 N–H and O–H groups in total. The molecule has 0 aliphatic rings. The summed E-state index contributed by atoms with van der Waals surface area (Å²) in [5.74, 6) is -0.699. The lowest BCUT2D eigenvalue weighted by Crippen LogP contribution is -2.39. The minimum Gasteiger partial charge on any atom is -0.383 e. The molecule has 0 spiro atoms. The molecular weight excluding hydrogens is 356 g/mol. The van der Waals surface area contributed by atoms with E-state index in [4.69, 9.17) is 9.47 Å². The van der Waals surface area contributed by atoms with Crippen LogP contribution in [0.3, 0.4) is 0 Å². The maximum absolute atomic E-state index is 12.6. The van der Waals surface area contributed by atoms with E-state index in [1.807, 2.05) is 6.92 Å². The molecule has 0 heterocycles. The van der Waals surface area contributed by atoms with Crippen molar-refractivity contribution in [3.05, 3.63) is 23.3 Å². The van der Waals surface area contributed by atoms with E-state index in [-0.39, 0.29) is 24.2 Å². The van der Waals surface area contributed by atoms with Gasteiger partial charge in [0.2, 0.25) is 11.8 Å². The van der Waals surface area contributed by atoms with Gasteiger partial charge in [-0.15, -0.1) is 0 Å². The summed E-state index contributed by atoms with van der Waals surface area (Å²) in [4.78, 5) is 24.9. The summed E-state index contributed by atoms with van der Waals surface area (Å²) in [6, 6.07) is 0. The molecule has 28 heavy (non-hydrogen) atoms. The van der Waals surface area contributed by atoms with Crippen LogP contribution in [0, 0.1) is 11.8 Å². The summed E-state index contributed by atoms with van der Waals surface area (Å²) >= 11 is 0. The van der Waals surface area contributed by atoms with Gasteiger partial charge in [0.05, 0.1) is 19.1 Å². The van der Waals surface area contributed by atoms with Gasteiger partial charge in [0.1, 0.15) is 0 Å². The zero-order valence-corrected chi connectivity index (χ0v) is 18.6. The van der Waals surface area contributed by atoms with Crippen molar-refractivity contribution in [1.29, 1.82) is 0 Å². The molecule has 2 unspecified atom stereocenters. The number of hydrogen-bond acceptors (Lipinski definition) is 4. The predicted octanol–water partition coefficient (Wildman–Crippen LogP) is 3.24. The van der Waals surface area contributed by atoms with Crippen LogP contribution < -0.4 is 10.6 Å². The molecule has 0 aliphatic carbocycles. The van der Waals surface area contributed by atoms with E-state index >= 15 is 0 Å². The summed E-state index contributed by atoms with van der Waals surface area (Å²) in [5, 5.41) is 5.67. The molecule has 0 fully saturated rings. The average molecular weight is 397 g/mol. The molecule has 162 valence electrons. The highest BCUT2D eigenvalue weighted by molar-refractivity contribution is 5.86. The topological polar surface area (TPSA) is 76.7 Å². The van der Waals surface area contributed by atoms with E-state index in [0.717, 1.165) is 19.3 Å². The Morgan fingerprint density at radius 3 is 2.18 bits per heavy atom. The molecule has 0 saturated heterocycles. The number of carbonyl (C=O) groups excluding carboxylic acids is 2. The van der Waals surface area contributed by atoms with Crippen molar-refractivity contribution in [2.24, 2.45) is 11.8 Å². The van der Waals surface area contributed by atoms with Crippen molar-refractivity contribution in [1.82, 2.24) is 10.6 Å². The van der Waals surface area contributed by atoms with Crippen molar-refractivity contribution in [3.63, 3.8) is 0 Å². The summed E-state index contributed by atoms with van der Waals surface area (Å²) < 4.78 is 9.94. The summed E-state index contributed by atoms with van der Waals surface area (Å²) in [6.45, 7) is 10.2. The lowest BCUT2D eigenvalue weighted by molar-refractivity contribution is -0.131. The van der Waals surface area contributed by atoms with E-state index in [2.05, 4.69) is 43.6 Å². The second kappa shape index (κ2) is 16.3. The standard InChI is InChI=1S/C22H40N2O4/c1-7-17(2)9-8-10-18(3)15-19(4)20(22(26)24-12-14-28-6)16-21(25)23-11-13-27-5/h9,15,19-20H,7-8,10-14,16H2,1-6H3,(H,23,25)(H,24,26)/b17-9+,18-15+. The number of amides is 2. The predicted molar refractivity (Wildman–Crippen MR) is 114 cm³/mol. The van der Waals surface area contributed by atoms with Gasteiger partial charge in [-0.3, -0.25) is 9.59 Å². The van der Waals surface area contributed by atoms with Crippen molar-refractivity contribution in [3.8, 4) is 0 Å². The van der Waals surface area contributed by atoms with Crippen LogP contribution >= 0.6 is 0 Å². The first-order valence-corrected chi connectivity index (χ1v) is 10.2. The van der Waals surface area contributed by atoms with Gasteiger partial charge in [-0.25, -0.2) is 0 Å². The van der Waals surface area contributed by atoms with Crippen LogP contribution in [0.2, 0.25) is 0 Å². The van der Waals surface area contributed by atoms with Crippen molar-refractivity contribution in [2.45, 2.75) is 53.4 Å². The molecule has 0 rings (SSSR count). The molecule has 0 bridgehead atoms. The third-order valence-electron chi connectivity index (χ3n) is 4.75. The van der Waals surface area contributed by atoms with Crippen LogP contribution in [0.5, 0.6) is 0 Å². The van der Waals surface area contributed by atoms with Gasteiger partial charge in [0.15, 0.2) is 0 Å². The molecule has 0 saturated carbocycles. The summed E-state index contributed by atoms with van der Waals surface area (Å²) in [5.41, 5.74) is 2.63. The highest BCUT2D eigenvalue weighted by Gasteiger charge is 2.26. The zero-order valence-electron chi connectivity index (χ0n) is 18.6. The number of nitrogens with one attached hydrogen (secondary N) is 2. The number of rotatable bonds is 15. The summed E-state index contributed by atoms with van der Waals surface area (Å²) in [7, 11) is 3.18. The second-order valence-corrected chi connectivity index (χ2v) is 7.25. The van der Waals surface area contributed by atoms with Gasteiger partial charge < -0.3 is 20.1 Å². The van der Waals surface area contributed by atoms with E-state index in [1.165, 1.54) is 11.1 Å². The Morgan fingerprint density at radius 1 is 1.00 bits per heavy atom. The number of ether oxygens (including phenoxy) is 2. The Bertz CT molecular complexity index is 515. The molecule has 0 radical (unpaired) electrons. The average Bonchev–Trinajstić information content (AvgIpc) is 2.66. The molecule has 2 amide bonds. The number of methoxy groups -OCH3 is 2. The van der Waals surface area contributed by atoms with Crippen LogP contribution in [0.4, 0.5) is 0 Å². The smallest absolute Gasteiger partial charge is 0.224 e. The van der Waals surface area contributed by atoms with E-state index in [0.29, 0.717) is 26.3 Å². The second-order valence-electron chi connectivity index (χ2n) is 7.25. The van der Waals surface area contributed by atoms with Crippen LogP contribution in [0.15, 0.2) is 23.3 Å². The first-order chi connectivity index (χ1) is 13.3. The maximum Gasteiger partial charge on any atom is 0.224 e. The third kappa shape index (κ3) is 12.7. The molecule has 0 aromatic rings. The van der Waals surface area contributed by atoms with Crippen molar-refractivity contribution in [2.75, 3.05) is 40.5 Å². The summed E-state index contributed by atoms with van der Waals surface area (Å²) in [6.07, 6.45) is 7.57. The van der Waals surface area contributed by atoms with Gasteiger partial charge in [0.25, 0.3) is 0 Å². The zero-order chi connectivity index (χ0) is 21.4. The molecule has 0 aromatic heterocycles. The lowest BCUT2D eigenvalue weighted by atomic mass is 9.87. The van der Waals surface area contributed by atoms with Crippen LogP contribution in [0.25, 0.3) is 0 Å². The van der Waals surface area contributed by atoms with E-state index in [1.54, 1.807) is 14.2 Å². The Kier molecular flexibility index (Phi) is 15.3. The minimum absolute atomic E-state index is 0.0352. The highest BCUT2D eigenvalue weighted by Crippen LogP contribution is 2.21. The minimum atomic E-state index is -0.415. The quantitative estimate of drug-likeness (QED) is 0.329. The molecule has 2 atom stereocenters. The number of hydrogen-bond donors (Lipinski definition) is 2. The molecule has 6 heteroatoms. The Morgan fingerprint density at radius 2 is 1.61 bits per heavy atom. The highest BCUT2D eigenvalue weighted by atomic mass is 16.5. The first kappa shape index (κ1) is 26.3. The maximum atomic E-state index is 12.6. The first-order valence-electron chi connectivity index (χ1n) is 10.2. The fourth-order valence-corrected chi connectivity index (χ4v) is 2.83. The molecule has 0 aliphatic heterocycles. The SMILES string of the molecule is CC/C(C)=C/CC/C(C)=C/C(C)C(CC(=O)NCCOC)C(=O)NCCOC. The van der Waals surface area contributed by atoms with Gasteiger partial charge in [-0.05, 0) is 39.0 Å². The van der Waals surface area contributed by atoms with Gasteiger partial charge in [-0.2, -0.15) is 0 Å². The Labute approximate surface area is 171 Å². The van der Waals surface area contributed by atoms with Crippen molar-refractivity contribution >= 4 is 11.8 Å². The normalized spacial score (nSPS) is 14.5. The fourth-order valence-electron chi connectivity index (χ4n) is 2.83. The largest absolute Gasteiger partial charge is 0.383 e. The number of allylic oxidation sites excluding steroid dienone is 4. The Balaban J connectivity index is 4.95. The van der Waals surface area contributed by atoms with Crippen LogP contribution in [-0.2, 0) is 19.1 Å². The van der Waals surface area contributed by atoms with Gasteiger partial charge in [0, 0.05) is 33.7 Å². The Hall–Kier alpha value is -1.66. The van der Waals surface area contributed by atoms with Crippen LogP contribution in [0.1, 0.15) is 53.4 Å². The van der Waals surface area contributed by atoms with E-state index in [9.17, 15) is 9.59 Å². The third-order valence-corrected chi connectivity index (χ3v) is 4.75. The van der Waals surface area contributed by atoms with Gasteiger partial charge in [-0.1, -0.05) is 37.1 Å². The molecule has 6 nitrogen and oxygen atoms in total. The van der Waals surface area contributed by atoms with E-state index < -0.39 is 5.92 Å². The number of carbonyl (C=O) groups is 2. The van der Waals surface area contributed by atoms with Crippen LogP contribution in [-0.4, -0.2) is 52.3 Å². The molecule has 0 aromatic carbocycles. The van der Waals surface area contributed by atoms with Gasteiger partial charge >= 0.3 is 0 Å². The fraction of sp³-hybridized carbons (Fsp3) is 0.727.